The lowest BCUT2D eigenvalue weighted by Crippen LogP contribution is -2.44. The molecule has 2 aliphatic rings. The number of rotatable bonds is 3. The number of fused-ring (bicyclic) bond motifs is 4. The molecule has 23 heavy (non-hydrogen) atoms. The first-order valence-corrected chi connectivity index (χ1v) is 8.04. The second kappa shape index (κ2) is 5.65. The van der Waals surface area contributed by atoms with Gasteiger partial charge < -0.3 is 9.64 Å². The zero-order chi connectivity index (χ0) is 15.8. The zero-order valence-electron chi connectivity index (χ0n) is 13.1. The molecule has 1 amide bonds. The molecule has 4 rings (SSSR count). The van der Waals surface area contributed by atoms with Gasteiger partial charge in [-0.2, -0.15) is 0 Å². The van der Waals surface area contributed by atoms with Crippen LogP contribution < -0.4 is 4.74 Å². The van der Waals surface area contributed by atoms with E-state index in [-0.39, 0.29) is 24.6 Å². The number of ether oxygens (including phenoxy) is 1. The maximum atomic E-state index is 12.7. The predicted octanol–water partition coefficient (Wildman–Crippen LogP) is 2.45. The summed E-state index contributed by atoms with van der Waals surface area (Å²) in [5.41, 5.74) is 2.22. The van der Waals surface area contributed by atoms with Crippen LogP contribution in [0, 0.1) is 6.92 Å². The molecule has 1 aromatic heterocycles. The Kier molecular flexibility index (Phi) is 3.48. The summed E-state index contributed by atoms with van der Waals surface area (Å²) in [6.45, 7) is 1.99. The lowest BCUT2D eigenvalue weighted by atomic mass is 9.99. The third-order valence-electron chi connectivity index (χ3n) is 4.70. The van der Waals surface area contributed by atoms with E-state index in [2.05, 4.69) is 9.97 Å². The van der Waals surface area contributed by atoms with Crippen LogP contribution in [0.2, 0.25) is 0 Å². The van der Waals surface area contributed by atoms with Gasteiger partial charge in [0.05, 0.1) is 11.7 Å². The third-order valence-corrected chi connectivity index (χ3v) is 4.70. The Bertz CT molecular complexity index is 732. The van der Waals surface area contributed by atoms with Crippen LogP contribution in [0.3, 0.4) is 0 Å². The fraction of sp³-hybridized carbons (Fsp3) is 0.389. The number of para-hydroxylation sites is 1. The Morgan fingerprint density at radius 1 is 1.30 bits per heavy atom. The van der Waals surface area contributed by atoms with E-state index in [1.807, 2.05) is 48.4 Å². The molecule has 118 valence electrons. The van der Waals surface area contributed by atoms with E-state index in [0.717, 1.165) is 42.1 Å². The van der Waals surface area contributed by atoms with E-state index in [9.17, 15) is 4.79 Å². The molecule has 5 heteroatoms. The van der Waals surface area contributed by atoms with E-state index in [0.29, 0.717) is 0 Å². The van der Waals surface area contributed by atoms with E-state index in [1.54, 1.807) is 0 Å². The number of nitrogens with zero attached hydrogens (tertiary/aromatic N) is 3. The standard InChI is InChI=1S/C18H19N3O2/c1-12-19-10-15-16(20-12)9-13-7-8-17(15)21(13)18(22)11-23-14-5-3-2-4-6-14/h2-6,10,13,17H,7-9,11H2,1H3. The summed E-state index contributed by atoms with van der Waals surface area (Å²) in [6, 6.07) is 9.82. The van der Waals surface area contributed by atoms with Crippen molar-refractivity contribution in [2.45, 2.75) is 38.3 Å². The Morgan fingerprint density at radius 2 is 2.13 bits per heavy atom. The Morgan fingerprint density at radius 3 is 2.96 bits per heavy atom. The molecule has 1 fully saturated rings. The third kappa shape index (κ3) is 2.56. The van der Waals surface area contributed by atoms with Crippen LogP contribution in [0.25, 0.3) is 0 Å². The summed E-state index contributed by atoms with van der Waals surface area (Å²) < 4.78 is 5.63. The number of benzene rings is 1. The molecule has 0 N–H and O–H groups in total. The van der Waals surface area contributed by atoms with Gasteiger partial charge in [0.1, 0.15) is 11.6 Å². The van der Waals surface area contributed by atoms with E-state index in [4.69, 9.17) is 4.74 Å². The highest BCUT2D eigenvalue weighted by molar-refractivity contribution is 5.79. The van der Waals surface area contributed by atoms with Crippen molar-refractivity contribution < 1.29 is 9.53 Å². The number of carbonyl (C=O) groups is 1. The number of hydrogen-bond donors (Lipinski definition) is 0. The summed E-state index contributed by atoms with van der Waals surface area (Å²) in [6.07, 6.45) is 4.73. The van der Waals surface area contributed by atoms with Gasteiger partial charge in [-0.15, -0.1) is 0 Å². The summed E-state index contributed by atoms with van der Waals surface area (Å²) >= 11 is 0. The van der Waals surface area contributed by atoms with Gasteiger partial charge in [0, 0.05) is 24.2 Å². The highest BCUT2D eigenvalue weighted by atomic mass is 16.5. The van der Waals surface area contributed by atoms with Crippen molar-refractivity contribution in [2.75, 3.05) is 6.61 Å². The Labute approximate surface area is 135 Å². The quantitative estimate of drug-likeness (QED) is 0.874. The van der Waals surface area contributed by atoms with Crippen molar-refractivity contribution in [3.63, 3.8) is 0 Å². The minimum Gasteiger partial charge on any atom is -0.484 e. The number of hydrogen-bond acceptors (Lipinski definition) is 4. The largest absolute Gasteiger partial charge is 0.484 e. The molecule has 1 aromatic carbocycles. The van der Waals surface area contributed by atoms with Gasteiger partial charge in [-0.05, 0) is 31.9 Å². The Hall–Kier alpha value is -2.43. The molecule has 0 spiro atoms. The number of aromatic nitrogens is 2. The van der Waals surface area contributed by atoms with E-state index >= 15 is 0 Å². The molecule has 0 saturated carbocycles. The lowest BCUT2D eigenvalue weighted by molar-refractivity contribution is -0.137. The highest BCUT2D eigenvalue weighted by Crippen LogP contribution is 2.42. The normalized spacial score (nSPS) is 21.9. The molecule has 5 nitrogen and oxygen atoms in total. The number of carbonyl (C=O) groups excluding carboxylic acids is 1. The second-order valence-corrected chi connectivity index (χ2v) is 6.17. The van der Waals surface area contributed by atoms with Gasteiger partial charge in [0.15, 0.2) is 6.61 Å². The minimum atomic E-state index is 0.0487. The molecule has 2 unspecified atom stereocenters. The van der Waals surface area contributed by atoms with Gasteiger partial charge in [0.25, 0.3) is 5.91 Å². The van der Waals surface area contributed by atoms with Crippen LogP contribution in [0.5, 0.6) is 5.75 Å². The molecule has 0 radical (unpaired) electrons. The molecular formula is C18H19N3O2. The van der Waals surface area contributed by atoms with Gasteiger partial charge in [-0.25, -0.2) is 9.97 Å². The fourth-order valence-electron chi connectivity index (χ4n) is 3.69. The van der Waals surface area contributed by atoms with Gasteiger partial charge in [0.2, 0.25) is 0 Å². The van der Waals surface area contributed by atoms with Crippen molar-refractivity contribution in [1.82, 2.24) is 14.9 Å². The topological polar surface area (TPSA) is 55.3 Å². The monoisotopic (exact) mass is 309 g/mol. The molecule has 1 saturated heterocycles. The Balaban J connectivity index is 1.51. The first-order chi connectivity index (χ1) is 11.2. The molecule has 2 aromatic rings. The molecular weight excluding hydrogens is 290 g/mol. The zero-order valence-corrected chi connectivity index (χ0v) is 13.1. The van der Waals surface area contributed by atoms with Crippen molar-refractivity contribution in [1.29, 1.82) is 0 Å². The average Bonchev–Trinajstić information content (AvgIpc) is 2.89. The first kappa shape index (κ1) is 14.2. The van der Waals surface area contributed by atoms with E-state index < -0.39 is 0 Å². The van der Waals surface area contributed by atoms with Crippen LogP contribution in [0.1, 0.15) is 36.0 Å². The SMILES string of the molecule is Cc1ncc2c(n1)CC1CCC2N1C(=O)COc1ccccc1. The maximum absolute atomic E-state index is 12.7. The summed E-state index contributed by atoms with van der Waals surface area (Å²) in [4.78, 5) is 23.5. The van der Waals surface area contributed by atoms with Crippen molar-refractivity contribution in [3.05, 3.63) is 53.6 Å². The van der Waals surface area contributed by atoms with Crippen molar-refractivity contribution in [3.8, 4) is 5.75 Å². The number of aryl methyl sites for hydroxylation is 1. The molecule has 3 heterocycles. The summed E-state index contributed by atoms with van der Waals surface area (Å²) in [7, 11) is 0. The smallest absolute Gasteiger partial charge is 0.261 e. The lowest BCUT2D eigenvalue weighted by Gasteiger charge is -2.35. The van der Waals surface area contributed by atoms with E-state index in [1.165, 1.54) is 0 Å². The van der Waals surface area contributed by atoms with Gasteiger partial charge in [-0.1, -0.05) is 18.2 Å². The molecule has 2 aliphatic heterocycles. The van der Waals surface area contributed by atoms with Crippen LogP contribution in [-0.2, 0) is 11.2 Å². The maximum Gasteiger partial charge on any atom is 0.261 e. The fourth-order valence-corrected chi connectivity index (χ4v) is 3.69. The molecule has 2 bridgehead atoms. The van der Waals surface area contributed by atoms with Crippen LogP contribution in [0.4, 0.5) is 0 Å². The summed E-state index contributed by atoms with van der Waals surface area (Å²) in [5, 5.41) is 0. The predicted molar refractivity (Wildman–Crippen MR) is 85.0 cm³/mol. The minimum absolute atomic E-state index is 0.0487. The van der Waals surface area contributed by atoms with Gasteiger partial charge in [-0.3, -0.25) is 4.79 Å². The second-order valence-electron chi connectivity index (χ2n) is 6.17. The van der Waals surface area contributed by atoms with Gasteiger partial charge >= 0.3 is 0 Å². The van der Waals surface area contributed by atoms with Crippen LogP contribution >= 0.6 is 0 Å². The average molecular weight is 309 g/mol. The number of amides is 1. The van der Waals surface area contributed by atoms with Crippen molar-refractivity contribution >= 4 is 5.91 Å². The van der Waals surface area contributed by atoms with Crippen LogP contribution in [0.15, 0.2) is 36.5 Å². The van der Waals surface area contributed by atoms with Crippen molar-refractivity contribution in [2.24, 2.45) is 0 Å². The molecule has 0 aliphatic carbocycles. The molecule has 2 atom stereocenters. The highest BCUT2D eigenvalue weighted by Gasteiger charge is 2.43. The summed E-state index contributed by atoms with van der Waals surface area (Å²) in [5.74, 6) is 1.58. The first-order valence-electron chi connectivity index (χ1n) is 8.04. The van der Waals surface area contributed by atoms with Crippen LogP contribution in [-0.4, -0.2) is 33.4 Å².